The first kappa shape index (κ1) is 17.1. The predicted molar refractivity (Wildman–Crippen MR) is 114 cm³/mol. The van der Waals surface area contributed by atoms with Crippen LogP contribution in [0.15, 0.2) is 71.9 Å². The minimum atomic E-state index is 0.0111. The highest BCUT2D eigenvalue weighted by Gasteiger charge is 2.29. The van der Waals surface area contributed by atoms with E-state index in [1.54, 1.807) is 23.2 Å². The first-order valence-electron chi connectivity index (χ1n) is 10.2. The van der Waals surface area contributed by atoms with Crippen LogP contribution in [0.1, 0.15) is 30.4 Å². The number of pyridine rings is 2. The lowest BCUT2D eigenvalue weighted by Gasteiger charge is -2.09. The van der Waals surface area contributed by atoms with Crippen molar-refractivity contribution in [2.24, 2.45) is 0 Å². The molecule has 1 saturated carbocycles. The van der Waals surface area contributed by atoms with E-state index in [1.165, 1.54) is 0 Å². The van der Waals surface area contributed by atoms with E-state index in [-0.39, 0.29) is 5.69 Å². The van der Waals surface area contributed by atoms with Gasteiger partial charge in [0.2, 0.25) is 0 Å². The molecule has 1 fully saturated rings. The Hall–Kier alpha value is -3.74. The van der Waals surface area contributed by atoms with E-state index in [1.807, 2.05) is 47.0 Å². The van der Waals surface area contributed by atoms with Gasteiger partial charge in [0.1, 0.15) is 5.82 Å². The van der Waals surface area contributed by atoms with Gasteiger partial charge in [-0.2, -0.15) is 0 Å². The molecule has 0 unspecified atom stereocenters. The van der Waals surface area contributed by atoms with Crippen LogP contribution in [-0.2, 0) is 13.1 Å². The number of hydrogen-bond donors (Lipinski definition) is 0. The summed E-state index contributed by atoms with van der Waals surface area (Å²) in [7, 11) is 0. The van der Waals surface area contributed by atoms with E-state index in [4.69, 9.17) is 4.98 Å². The number of hydrogen-bond acceptors (Lipinski definition) is 4. The minimum absolute atomic E-state index is 0.0111. The highest BCUT2D eigenvalue weighted by Crippen LogP contribution is 2.36. The van der Waals surface area contributed by atoms with Crippen molar-refractivity contribution in [3.05, 3.63) is 89.1 Å². The molecule has 1 aromatic carbocycles. The Morgan fingerprint density at radius 1 is 0.867 bits per heavy atom. The van der Waals surface area contributed by atoms with E-state index in [2.05, 4.69) is 20.6 Å². The molecule has 0 saturated heterocycles. The molecule has 4 aromatic heterocycles. The molecule has 0 radical (unpaired) electrons. The molecule has 1 aliphatic rings. The molecular formula is C23H20N6O. The largest absolute Gasteiger partial charge is 0.329 e. The highest BCUT2D eigenvalue weighted by molar-refractivity contribution is 5.77. The van der Waals surface area contributed by atoms with Gasteiger partial charge in [-0.1, -0.05) is 18.2 Å². The molecule has 0 amide bonds. The maximum atomic E-state index is 13.3. The van der Waals surface area contributed by atoms with Crippen molar-refractivity contribution < 1.29 is 0 Å². The summed E-state index contributed by atoms with van der Waals surface area (Å²) in [6.45, 7) is 0.993. The molecule has 0 atom stereocenters. The number of fused-ring (bicyclic) bond motifs is 2. The Bertz CT molecular complexity index is 1420. The van der Waals surface area contributed by atoms with Crippen molar-refractivity contribution in [2.45, 2.75) is 32.0 Å². The number of imidazole rings is 2. The zero-order chi connectivity index (χ0) is 20.1. The molecule has 0 aliphatic heterocycles. The zero-order valence-electron chi connectivity index (χ0n) is 16.3. The van der Waals surface area contributed by atoms with Crippen LogP contribution >= 0.6 is 0 Å². The van der Waals surface area contributed by atoms with Crippen LogP contribution in [0.5, 0.6) is 0 Å². The third-order valence-electron chi connectivity index (χ3n) is 5.76. The number of rotatable bonds is 5. The highest BCUT2D eigenvalue weighted by atomic mass is 16.1. The van der Waals surface area contributed by atoms with Gasteiger partial charge < -0.3 is 4.57 Å². The van der Waals surface area contributed by atoms with Gasteiger partial charge in [0.15, 0.2) is 0 Å². The molecule has 0 N–H and O–H groups in total. The van der Waals surface area contributed by atoms with Crippen molar-refractivity contribution in [3.63, 3.8) is 0 Å². The van der Waals surface area contributed by atoms with Gasteiger partial charge in [-0.3, -0.25) is 19.1 Å². The SMILES string of the molecule is O=c1n(Cc2nc3ccccc3n2Cc2ccccn2)c2cnccc2n1C1CC1. The quantitative estimate of drug-likeness (QED) is 0.457. The monoisotopic (exact) mass is 396 g/mol. The molecular weight excluding hydrogens is 376 g/mol. The van der Waals surface area contributed by atoms with Gasteiger partial charge in [0.25, 0.3) is 0 Å². The second kappa shape index (κ2) is 6.66. The fraction of sp³-hybridized carbons (Fsp3) is 0.217. The average Bonchev–Trinajstić information content (AvgIpc) is 3.50. The fourth-order valence-electron chi connectivity index (χ4n) is 4.18. The summed E-state index contributed by atoms with van der Waals surface area (Å²) in [5.74, 6) is 0.836. The Balaban J connectivity index is 1.51. The van der Waals surface area contributed by atoms with Crippen LogP contribution in [0, 0.1) is 0 Å². The van der Waals surface area contributed by atoms with Crippen LogP contribution in [-0.4, -0.2) is 28.7 Å². The molecule has 1 aliphatic carbocycles. The molecule has 5 aromatic rings. The van der Waals surface area contributed by atoms with Crippen molar-refractivity contribution >= 4 is 22.1 Å². The summed E-state index contributed by atoms with van der Waals surface area (Å²) in [4.78, 5) is 26.9. The topological polar surface area (TPSA) is 70.5 Å². The lowest BCUT2D eigenvalue weighted by atomic mass is 10.3. The van der Waals surface area contributed by atoms with E-state index in [0.717, 1.165) is 46.4 Å². The number of nitrogens with zero attached hydrogens (tertiary/aromatic N) is 6. The Kier molecular flexibility index (Phi) is 3.80. The molecule has 0 spiro atoms. The van der Waals surface area contributed by atoms with Crippen molar-refractivity contribution in [1.29, 1.82) is 0 Å². The third kappa shape index (κ3) is 2.74. The standard InChI is InChI=1S/C23H20N6O/c30-23-28(21-13-24-12-10-20(21)29(23)17-8-9-17)15-22-26-18-6-1-2-7-19(18)27(22)14-16-5-3-4-11-25-16/h1-7,10-13,17H,8-9,14-15H2. The molecule has 6 rings (SSSR count). The average molecular weight is 396 g/mol. The summed E-state index contributed by atoms with van der Waals surface area (Å²) in [6, 6.07) is 16.2. The van der Waals surface area contributed by atoms with Crippen LogP contribution in [0.2, 0.25) is 0 Å². The smallest absolute Gasteiger partial charge is 0.320 e. The Morgan fingerprint density at radius 3 is 2.57 bits per heavy atom. The number of benzene rings is 1. The number of aromatic nitrogens is 6. The van der Waals surface area contributed by atoms with Crippen molar-refractivity contribution in [1.82, 2.24) is 28.7 Å². The Morgan fingerprint density at radius 2 is 1.73 bits per heavy atom. The number of para-hydroxylation sites is 2. The third-order valence-corrected chi connectivity index (χ3v) is 5.76. The van der Waals surface area contributed by atoms with Gasteiger partial charge in [-0.25, -0.2) is 9.78 Å². The van der Waals surface area contributed by atoms with Crippen molar-refractivity contribution in [2.75, 3.05) is 0 Å². The second-order valence-electron chi connectivity index (χ2n) is 7.76. The van der Waals surface area contributed by atoms with Crippen molar-refractivity contribution in [3.8, 4) is 0 Å². The van der Waals surface area contributed by atoms with E-state index in [0.29, 0.717) is 19.1 Å². The maximum absolute atomic E-state index is 13.3. The van der Waals surface area contributed by atoms with E-state index >= 15 is 0 Å². The van der Waals surface area contributed by atoms with Gasteiger partial charge in [0.05, 0.1) is 47.0 Å². The van der Waals surface area contributed by atoms with E-state index < -0.39 is 0 Å². The first-order chi connectivity index (χ1) is 14.8. The molecule has 7 nitrogen and oxygen atoms in total. The maximum Gasteiger partial charge on any atom is 0.329 e. The summed E-state index contributed by atoms with van der Waals surface area (Å²) in [5, 5.41) is 0. The molecule has 0 bridgehead atoms. The summed E-state index contributed by atoms with van der Waals surface area (Å²) < 4.78 is 5.88. The lowest BCUT2D eigenvalue weighted by Crippen LogP contribution is -2.25. The van der Waals surface area contributed by atoms with Gasteiger partial charge in [0, 0.05) is 18.4 Å². The minimum Gasteiger partial charge on any atom is -0.320 e. The van der Waals surface area contributed by atoms with Gasteiger partial charge in [-0.15, -0.1) is 0 Å². The predicted octanol–water partition coefficient (Wildman–Crippen LogP) is 3.37. The molecule has 30 heavy (non-hydrogen) atoms. The Labute approximate surface area is 172 Å². The van der Waals surface area contributed by atoms with Gasteiger partial charge in [-0.05, 0) is 43.2 Å². The summed E-state index contributed by atoms with van der Waals surface area (Å²) in [6.07, 6.45) is 7.44. The van der Waals surface area contributed by atoms with Crippen LogP contribution in [0.3, 0.4) is 0 Å². The molecule has 7 heteroatoms. The second-order valence-corrected chi connectivity index (χ2v) is 7.76. The molecule has 148 valence electrons. The zero-order valence-corrected chi connectivity index (χ0v) is 16.3. The first-order valence-corrected chi connectivity index (χ1v) is 10.2. The van der Waals surface area contributed by atoms with Gasteiger partial charge >= 0.3 is 5.69 Å². The summed E-state index contributed by atoms with van der Waals surface area (Å²) in [5.41, 5.74) is 4.72. The molecule has 4 heterocycles. The van der Waals surface area contributed by atoms with Crippen LogP contribution in [0.25, 0.3) is 22.1 Å². The lowest BCUT2D eigenvalue weighted by molar-refractivity contribution is 0.632. The van der Waals surface area contributed by atoms with E-state index in [9.17, 15) is 4.79 Å². The normalized spacial score (nSPS) is 14.0. The fourth-order valence-corrected chi connectivity index (χ4v) is 4.18. The summed E-state index contributed by atoms with van der Waals surface area (Å²) >= 11 is 0. The van der Waals surface area contributed by atoms with Crippen LogP contribution < -0.4 is 5.69 Å². The van der Waals surface area contributed by atoms with Crippen LogP contribution in [0.4, 0.5) is 0 Å².